The highest BCUT2D eigenvalue weighted by Gasteiger charge is 2.22. The summed E-state index contributed by atoms with van der Waals surface area (Å²) in [5.41, 5.74) is 0.723. The Morgan fingerprint density at radius 1 is 1.40 bits per heavy atom. The number of methoxy groups -OCH3 is 1. The first-order valence-electron chi connectivity index (χ1n) is 6.33. The Labute approximate surface area is 116 Å². The summed E-state index contributed by atoms with van der Waals surface area (Å²) in [4.78, 5) is 24.1. The minimum Gasteiger partial charge on any atom is -0.465 e. The average Bonchev–Trinajstić information content (AvgIpc) is 2.74. The van der Waals surface area contributed by atoms with Gasteiger partial charge in [-0.15, -0.1) is 0 Å². The molecule has 0 aliphatic carbocycles. The van der Waals surface area contributed by atoms with Crippen LogP contribution >= 0.6 is 0 Å². The molecule has 0 atom stereocenters. The van der Waals surface area contributed by atoms with E-state index in [0.717, 1.165) is 6.42 Å². The van der Waals surface area contributed by atoms with E-state index in [9.17, 15) is 14.9 Å². The molecule has 0 unspecified atom stereocenters. The van der Waals surface area contributed by atoms with Crippen molar-refractivity contribution in [2.75, 3.05) is 38.3 Å². The quantitative estimate of drug-likeness (QED) is 0.475. The maximum absolute atomic E-state index is 11.6. The van der Waals surface area contributed by atoms with Gasteiger partial charge in [-0.1, -0.05) is 0 Å². The third-order valence-corrected chi connectivity index (χ3v) is 3.16. The average molecular weight is 280 g/mol. The van der Waals surface area contributed by atoms with Crippen molar-refractivity contribution in [3.63, 3.8) is 0 Å². The van der Waals surface area contributed by atoms with Crippen LogP contribution in [0.5, 0.6) is 0 Å². The molecule has 7 heteroatoms. The van der Waals surface area contributed by atoms with Crippen LogP contribution in [-0.4, -0.2) is 44.3 Å². The van der Waals surface area contributed by atoms with Crippen molar-refractivity contribution in [2.45, 2.75) is 6.42 Å². The molecular weight excluding hydrogens is 264 g/mol. The zero-order valence-corrected chi connectivity index (χ0v) is 11.2. The summed E-state index contributed by atoms with van der Waals surface area (Å²) in [6.45, 7) is 2.37. The highest BCUT2D eigenvalue weighted by molar-refractivity contribution is 5.91. The molecule has 7 nitrogen and oxygen atoms in total. The molecule has 1 aliphatic rings. The van der Waals surface area contributed by atoms with E-state index in [1.807, 2.05) is 4.90 Å². The van der Waals surface area contributed by atoms with Crippen LogP contribution < -0.4 is 4.90 Å². The van der Waals surface area contributed by atoms with Gasteiger partial charge in [0.05, 0.1) is 24.2 Å². The lowest BCUT2D eigenvalue weighted by Crippen LogP contribution is -2.27. The largest absolute Gasteiger partial charge is 0.465 e. The van der Waals surface area contributed by atoms with Gasteiger partial charge in [-0.25, -0.2) is 4.79 Å². The molecule has 1 fully saturated rings. The molecule has 1 aliphatic heterocycles. The Kier molecular flexibility index (Phi) is 4.52. The molecule has 2 rings (SSSR count). The molecule has 0 radical (unpaired) electrons. The molecule has 0 bridgehead atoms. The van der Waals surface area contributed by atoms with E-state index in [4.69, 9.17) is 4.74 Å². The number of ether oxygens (including phenoxy) is 2. The Morgan fingerprint density at radius 2 is 2.20 bits per heavy atom. The minimum atomic E-state index is -0.507. The molecule has 1 aromatic carbocycles. The maximum Gasteiger partial charge on any atom is 0.337 e. The van der Waals surface area contributed by atoms with Crippen molar-refractivity contribution >= 4 is 17.3 Å². The van der Waals surface area contributed by atoms with Gasteiger partial charge in [-0.3, -0.25) is 10.1 Å². The van der Waals surface area contributed by atoms with Crippen LogP contribution in [0.25, 0.3) is 0 Å². The molecule has 1 saturated heterocycles. The van der Waals surface area contributed by atoms with Crippen molar-refractivity contribution in [3.05, 3.63) is 33.9 Å². The van der Waals surface area contributed by atoms with E-state index in [2.05, 4.69) is 4.74 Å². The number of nitrogens with zero attached hydrogens (tertiary/aromatic N) is 2. The normalized spacial score (nSPS) is 15.6. The minimum absolute atomic E-state index is 0.0143. The zero-order chi connectivity index (χ0) is 14.5. The van der Waals surface area contributed by atoms with Gasteiger partial charge in [0.15, 0.2) is 0 Å². The molecule has 0 amide bonds. The molecule has 0 spiro atoms. The summed E-state index contributed by atoms with van der Waals surface area (Å²) in [7, 11) is 1.28. The van der Waals surface area contributed by atoms with Gasteiger partial charge in [0.2, 0.25) is 0 Å². The lowest BCUT2D eigenvalue weighted by atomic mass is 10.1. The Hall–Kier alpha value is -2.15. The molecule has 1 heterocycles. The van der Waals surface area contributed by atoms with Gasteiger partial charge in [0.25, 0.3) is 5.69 Å². The van der Waals surface area contributed by atoms with Crippen LogP contribution in [0.4, 0.5) is 11.4 Å². The summed E-state index contributed by atoms with van der Waals surface area (Å²) in [5, 5.41) is 11.1. The predicted molar refractivity (Wildman–Crippen MR) is 72.1 cm³/mol. The van der Waals surface area contributed by atoms with E-state index < -0.39 is 10.9 Å². The standard InChI is InChI=1S/C13H16N2O5/c1-19-13(16)10-3-4-11(15(17)18)12(9-10)14-5-2-7-20-8-6-14/h3-4,9H,2,5-8H2,1H3. The van der Waals surface area contributed by atoms with Crippen molar-refractivity contribution < 1.29 is 19.2 Å². The first-order chi connectivity index (χ1) is 9.63. The number of nitro groups is 1. The number of anilines is 1. The summed E-state index contributed by atoms with van der Waals surface area (Å²) >= 11 is 0. The zero-order valence-electron chi connectivity index (χ0n) is 11.2. The summed E-state index contributed by atoms with van der Waals surface area (Å²) in [6, 6.07) is 4.25. The van der Waals surface area contributed by atoms with Crippen LogP contribution in [0.2, 0.25) is 0 Å². The van der Waals surface area contributed by atoms with Gasteiger partial charge in [-0.2, -0.15) is 0 Å². The molecule has 1 aromatic rings. The van der Waals surface area contributed by atoms with Crippen molar-refractivity contribution in [1.82, 2.24) is 0 Å². The van der Waals surface area contributed by atoms with E-state index in [1.54, 1.807) is 0 Å². The second kappa shape index (κ2) is 6.33. The number of carbonyl (C=O) groups is 1. The molecule has 20 heavy (non-hydrogen) atoms. The third kappa shape index (κ3) is 3.05. The first-order valence-corrected chi connectivity index (χ1v) is 6.33. The van der Waals surface area contributed by atoms with Crippen LogP contribution in [0.15, 0.2) is 18.2 Å². The van der Waals surface area contributed by atoms with Crippen molar-refractivity contribution in [1.29, 1.82) is 0 Å². The van der Waals surface area contributed by atoms with Gasteiger partial charge >= 0.3 is 5.97 Å². The van der Waals surface area contributed by atoms with Crippen LogP contribution in [0.1, 0.15) is 16.8 Å². The highest BCUT2D eigenvalue weighted by Crippen LogP contribution is 2.30. The number of hydrogen-bond donors (Lipinski definition) is 0. The fourth-order valence-electron chi connectivity index (χ4n) is 2.16. The van der Waals surface area contributed by atoms with Gasteiger partial charge in [0, 0.05) is 25.8 Å². The van der Waals surface area contributed by atoms with Crippen molar-refractivity contribution in [2.24, 2.45) is 0 Å². The Balaban J connectivity index is 2.40. The highest BCUT2D eigenvalue weighted by atomic mass is 16.6. The Bertz CT molecular complexity index is 509. The fourth-order valence-corrected chi connectivity index (χ4v) is 2.16. The monoisotopic (exact) mass is 280 g/mol. The van der Waals surface area contributed by atoms with Gasteiger partial charge in [-0.05, 0) is 18.6 Å². The summed E-state index contributed by atoms with van der Waals surface area (Å²) in [5.74, 6) is -0.507. The molecular formula is C13H16N2O5. The number of nitro benzene ring substituents is 1. The second-order valence-corrected chi connectivity index (χ2v) is 4.41. The SMILES string of the molecule is COC(=O)c1ccc([N+](=O)[O-])c(N2CCCOCC2)c1. The summed E-state index contributed by atoms with van der Waals surface area (Å²) < 4.78 is 9.99. The fraction of sp³-hybridized carbons (Fsp3) is 0.462. The number of hydrogen-bond acceptors (Lipinski definition) is 6. The molecule has 0 aromatic heterocycles. The lowest BCUT2D eigenvalue weighted by Gasteiger charge is -2.22. The van der Waals surface area contributed by atoms with Crippen LogP contribution in [0, 0.1) is 10.1 Å². The van der Waals surface area contributed by atoms with Gasteiger partial charge < -0.3 is 14.4 Å². The third-order valence-electron chi connectivity index (χ3n) is 3.16. The number of rotatable bonds is 3. The molecule has 0 N–H and O–H groups in total. The number of carbonyl (C=O) groups excluding carboxylic acids is 1. The van der Waals surface area contributed by atoms with Crippen LogP contribution in [-0.2, 0) is 9.47 Å². The number of esters is 1. The lowest BCUT2D eigenvalue weighted by molar-refractivity contribution is -0.384. The smallest absolute Gasteiger partial charge is 0.337 e. The predicted octanol–water partition coefficient (Wildman–Crippen LogP) is 1.61. The molecule has 0 saturated carbocycles. The maximum atomic E-state index is 11.6. The van der Waals surface area contributed by atoms with E-state index in [-0.39, 0.29) is 5.69 Å². The van der Waals surface area contributed by atoms with E-state index in [0.29, 0.717) is 37.6 Å². The second-order valence-electron chi connectivity index (χ2n) is 4.41. The molecule has 108 valence electrons. The topological polar surface area (TPSA) is 81.9 Å². The first kappa shape index (κ1) is 14.3. The van der Waals surface area contributed by atoms with Crippen LogP contribution in [0.3, 0.4) is 0 Å². The summed E-state index contributed by atoms with van der Waals surface area (Å²) in [6.07, 6.45) is 0.791. The van der Waals surface area contributed by atoms with Gasteiger partial charge in [0.1, 0.15) is 5.69 Å². The van der Waals surface area contributed by atoms with Crippen molar-refractivity contribution in [3.8, 4) is 0 Å². The van der Waals surface area contributed by atoms with E-state index >= 15 is 0 Å². The Morgan fingerprint density at radius 3 is 2.90 bits per heavy atom. The van der Waals surface area contributed by atoms with E-state index in [1.165, 1.54) is 25.3 Å². The number of benzene rings is 1.